The van der Waals surface area contributed by atoms with Crippen LogP contribution in [0.25, 0.3) is 0 Å². The fraction of sp³-hybridized carbons (Fsp3) is 0.556. The Hall–Kier alpha value is -0.330. The topological polar surface area (TPSA) is 54.9 Å². The summed E-state index contributed by atoms with van der Waals surface area (Å²) in [5, 5.41) is 4.21. The van der Waals surface area contributed by atoms with E-state index < -0.39 is 10.8 Å². The van der Waals surface area contributed by atoms with Crippen molar-refractivity contribution in [3.63, 3.8) is 0 Å². The first-order chi connectivity index (χ1) is 7.61. The van der Waals surface area contributed by atoms with Crippen LogP contribution in [0.4, 0.5) is 5.82 Å². The summed E-state index contributed by atoms with van der Waals surface area (Å²) < 4.78 is 10.8. The highest BCUT2D eigenvalue weighted by Gasteiger charge is 2.01. The summed E-state index contributed by atoms with van der Waals surface area (Å²) in [5.74, 6) is 1.41. The third-order valence-corrected chi connectivity index (χ3v) is 3.38. The van der Waals surface area contributed by atoms with Crippen LogP contribution in [-0.2, 0) is 10.8 Å². The van der Waals surface area contributed by atoms with Crippen LogP contribution in [0.2, 0.25) is 5.15 Å². The second-order valence-corrected chi connectivity index (χ2v) is 5.84. The van der Waals surface area contributed by atoms with E-state index in [1.54, 1.807) is 12.3 Å². The fourth-order valence-corrected chi connectivity index (χ4v) is 2.23. The van der Waals surface area contributed by atoms with Crippen molar-refractivity contribution >= 4 is 40.0 Å². The normalized spacial score (nSPS) is 12.4. The predicted molar refractivity (Wildman–Crippen MR) is 70.9 cm³/mol. The Morgan fingerprint density at radius 2 is 2.31 bits per heavy atom. The minimum Gasteiger partial charge on any atom is -0.370 e. The molecule has 0 saturated carbocycles. The van der Waals surface area contributed by atoms with Crippen LogP contribution in [0, 0.1) is 0 Å². The van der Waals surface area contributed by atoms with E-state index in [0.717, 1.165) is 13.0 Å². The lowest BCUT2D eigenvalue weighted by Gasteiger charge is -2.06. The molecule has 1 aromatic heterocycles. The second-order valence-electron chi connectivity index (χ2n) is 3.12. The molecule has 0 saturated heterocycles. The SMILES string of the molecule is CSc1nc(Cl)cc(NCCCS(C)=O)n1. The zero-order valence-corrected chi connectivity index (χ0v) is 11.6. The Morgan fingerprint density at radius 1 is 1.56 bits per heavy atom. The van der Waals surface area contributed by atoms with Crippen molar-refractivity contribution in [1.29, 1.82) is 0 Å². The van der Waals surface area contributed by atoms with Gasteiger partial charge in [-0.25, -0.2) is 9.97 Å². The number of nitrogens with one attached hydrogen (secondary N) is 1. The molecule has 0 aliphatic rings. The summed E-state index contributed by atoms with van der Waals surface area (Å²) in [5.41, 5.74) is 0. The van der Waals surface area contributed by atoms with Crippen molar-refractivity contribution in [2.45, 2.75) is 11.6 Å². The lowest BCUT2D eigenvalue weighted by molar-refractivity contribution is 0.685. The molecule has 90 valence electrons. The standard InChI is InChI=1S/C9H14ClN3OS2/c1-15-9-12-7(10)6-8(13-9)11-4-3-5-16(2)14/h6H,3-5H2,1-2H3,(H,11,12,13). The summed E-state index contributed by atoms with van der Waals surface area (Å²) in [7, 11) is -0.737. The molecule has 1 unspecified atom stereocenters. The Kier molecular flexibility index (Phi) is 6.08. The molecule has 0 radical (unpaired) electrons. The molecule has 1 atom stereocenters. The van der Waals surface area contributed by atoms with Crippen LogP contribution in [0.15, 0.2) is 11.2 Å². The molecule has 0 amide bonds. The van der Waals surface area contributed by atoms with Crippen LogP contribution in [0.3, 0.4) is 0 Å². The maximum atomic E-state index is 10.8. The van der Waals surface area contributed by atoms with Crippen molar-refractivity contribution in [1.82, 2.24) is 9.97 Å². The van der Waals surface area contributed by atoms with Gasteiger partial charge in [-0.2, -0.15) is 0 Å². The van der Waals surface area contributed by atoms with E-state index in [-0.39, 0.29) is 0 Å². The van der Waals surface area contributed by atoms with Gasteiger partial charge >= 0.3 is 0 Å². The van der Waals surface area contributed by atoms with Crippen LogP contribution in [0.1, 0.15) is 6.42 Å². The maximum absolute atomic E-state index is 10.8. The van der Waals surface area contributed by atoms with Crippen LogP contribution in [-0.4, -0.2) is 39.0 Å². The molecule has 1 rings (SSSR count). The molecule has 4 nitrogen and oxygen atoms in total. The molecule has 16 heavy (non-hydrogen) atoms. The summed E-state index contributed by atoms with van der Waals surface area (Å²) in [6, 6.07) is 1.68. The zero-order valence-electron chi connectivity index (χ0n) is 9.20. The van der Waals surface area contributed by atoms with Gasteiger partial charge in [-0.1, -0.05) is 23.4 Å². The predicted octanol–water partition coefficient (Wildman–Crippen LogP) is 2.03. The van der Waals surface area contributed by atoms with Gasteiger partial charge in [0.2, 0.25) is 0 Å². The van der Waals surface area contributed by atoms with E-state index in [9.17, 15) is 4.21 Å². The van der Waals surface area contributed by atoms with Gasteiger partial charge in [-0.05, 0) is 12.7 Å². The fourth-order valence-electron chi connectivity index (χ4n) is 1.07. The molecule has 7 heteroatoms. The van der Waals surface area contributed by atoms with Crippen LogP contribution in [0.5, 0.6) is 0 Å². The van der Waals surface area contributed by atoms with E-state index in [0.29, 0.717) is 21.9 Å². The molecule has 1 aromatic rings. The number of nitrogens with zero attached hydrogens (tertiary/aromatic N) is 2. The van der Waals surface area contributed by atoms with Gasteiger partial charge in [0.15, 0.2) is 5.16 Å². The minimum absolute atomic E-state index is 0.431. The zero-order chi connectivity index (χ0) is 12.0. The van der Waals surface area contributed by atoms with E-state index in [1.807, 2.05) is 6.26 Å². The lowest BCUT2D eigenvalue weighted by Crippen LogP contribution is -2.07. The first-order valence-electron chi connectivity index (χ1n) is 4.74. The van der Waals surface area contributed by atoms with Gasteiger partial charge in [-0.3, -0.25) is 4.21 Å². The van der Waals surface area contributed by atoms with Gasteiger partial charge in [0.25, 0.3) is 0 Å². The van der Waals surface area contributed by atoms with Crippen molar-refractivity contribution in [2.24, 2.45) is 0 Å². The number of anilines is 1. The third kappa shape index (κ3) is 5.14. The molecule has 1 heterocycles. The van der Waals surface area contributed by atoms with Crippen molar-refractivity contribution < 1.29 is 4.21 Å². The number of hydrogen-bond acceptors (Lipinski definition) is 5. The van der Waals surface area contributed by atoms with Crippen LogP contribution < -0.4 is 5.32 Å². The highest BCUT2D eigenvalue weighted by atomic mass is 35.5. The summed E-state index contributed by atoms with van der Waals surface area (Å²) in [6.07, 6.45) is 4.45. The van der Waals surface area contributed by atoms with Crippen molar-refractivity contribution in [3.05, 3.63) is 11.2 Å². The number of thioether (sulfide) groups is 1. The van der Waals surface area contributed by atoms with Gasteiger partial charge in [0.05, 0.1) is 0 Å². The highest BCUT2D eigenvalue weighted by Crippen LogP contribution is 2.16. The number of aromatic nitrogens is 2. The van der Waals surface area contributed by atoms with Gasteiger partial charge < -0.3 is 5.32 Å². The smallest absolute Gasteiger partial charge is 0.190 e. The van der Waals surface area contributed by atoms with E-state index in [4.69, 9.17) is 11.6 Å². The van der Waals surface area contributed by atoms with Crippen LogP contribution >= 0.6 is 23.4 Å². The average molecular weight is 280 g/mol. The van der Waals surface area contributed by atoms with Crippen molar-refractivity contribution in [2.75, 3.05) is 30.1 Å². The summed E-state index contributed by atoms with van der Waals surface area (Å²) >= 11 is 7.28. The van der Waals surface area contributed by atoms with Crippen molar-refractivity contribution in [3.8, 4) is 0 Å². The average Bonchev–Trinajstić information content (AvgIpc) is 2.23. The molecule has 0 spiro atoms. The Bertz CT molecular complexity index is 376. The number of hydrogen-bond donors (Lipinski definition) is 1. The Balaban J connectivity index is 2.47. The molecule has 0 aromatic carbocycles. The lowest BCUT2D eigenvalue weighted by atomic mass is 10.4. The van der Waals surface area contributed by atoms with E-state index >= 15 is 0 Å². The quantitative estimate of drug-likeness (QED) is 0.374. The Morgan fingerprint density at radius 3 is 2.94 bits per heavy atom. The monoisotopic (exact) mass is 279 g/mol. The second kappa shape index (κ2) is 7.09. The number of halogens is 1. The number of rotatable bonds is 6. The summed E-state index contributed by atoms with van der Waals surface area (Å²) in [6.45, 7) is 0.737. The first kappa shape index (κ1) is 13.7. The van der Waals surface area contributed by atoms with Gasteiger partial charge in [0, 0.05) is 35.4 Å². The maximum Gasteiger partial charge on any atom is 0.190 e. The highest BCUT2D eigenvalue weighted by molar-refractivity contribution is 7.98. The molecule has 0 bridgehead atoms. The van der Waals surface area contributed by atoms with E-state index in [2.05, 4.69) is 15.3 Å². The Labute approximate surface area is 107 Å². The van der Waals surface area contributed by atoms with E-state index in [1.165, 1.54) is 11.8 Å². The van der Waals surface area contributed by atoms with Gasteiger partial charge in [0.1, 0.15) is 11.0 Å². The molecule has 1 N–H and O–H groups in total. The first-order valence-corrected chi connectivity index (χ1v) is 8.07. The molecule has 0 aliphatic heterocycles. The largest absolute Gasteiger partial charge is 0.370 e. The molecule has 0 aliphatic carbocycles. The third-order valence-electron chi connectivity index (χ3n) is 1.77. The molecule has 0 fully saturated rings. The molecular formula is C9H14ClN3OS2. The molecular weight excluding hydrogens is 266 g/mol. The minimum atomic E-state index is -0.737. The van der Waals surface area contributed by atoms with Gasteiger partial charge in [-0.15, -0.1) is 0 Å². The summed E-state index contributed by atoms with van der Waals surface area (Å²) in [4.78, 5) is 8.29.